The number of aromatic amines is 1. The summed E-state index contributed by atoms with van der Waals surface area (Å²) in [5.41, 5.74) is 1.14. The van der Waals surface area contributed by atoms with Crippen LogP contribution in [-0.2, 0) is 0 Å². The fourth-order valence-corrected chi connectivity index (χ4v) is 2.71. The minimum absolute atomic E-state index is 0.200. The third-order valence-corrected chi connectivity index (χ3v) is 4.24. The average molecular weight is 383 g/mol. The van der Waals surface area contributed by atoms with Crippen LogP contribution >= 0.6 is 0 Å². The van der Waals surface area contributed by atoms with E-state index in [0.29, 0.717) is 40.8 Å². The SMILES string of the molecule is COc1ccc2nc(-c3ccc(OCC(O)CNC(C)C)cc3)[nH]c(=O)c2c1. The molecule has 0 aliphatic heterocycles. The highest BCUT2D eigenvalue weighted by molar-refractivity contribution is 5.81. The Morgan fingerprint density at radius 3 is 2.54 bits per heavy atom. The van der Waals surface area contributed by atoms with Crippen LogP contribution in [0.2, 0.25) is 0 Å². The summed E-state index contributed by atoms with van der Waals surface area (Å²) in [6.45, 7) is 4.72. The van der Waals surface area contributed by atoms with Gasteiger partial charge in [0.1, 0.15) is 30.0 Å². The lowest BCUT2D eigenvalue weighted by molar-refractivity contribution is 0.104. The number of hydrogen-bond donors (Lipinski definition) is 3. The Hall–Kier alpha value is -2.90. The Morgan fingerprint density at radius 2 is 1.86 bits per heavy atom. The minimum Gasteiger partial charge on any atom is -0.497 e. The molecule has 0 spiro atoms. The zero-order chi connectivity index (χ0) is 20.1. The first-order chi connectivity index (χ1) is 13.5. The second kappa shape index (κ2) is 8.86. The summed E-state index contributed by atoms with van der Waals surface area (Å²) in [6.07, 6.45) is -0.586. The molecule has 0 aliphatic carbocycles. The fraction of sp³-hybridized carbons (Fsp3) is 0.333. The van der Waals surface area contributed by atoms with Gasteiger partial charge in [0, 0.05) is 18.2 Å². The van der Waals surface area contributed by atoms with Crippen LogP contribution in [0.3, 0.4) is 0 Å². The topological polar surface area (TPSA) is 96.5 Å². The Labute approximate surface area is 163 Å². The highest BCUT2D eigenvalue weighted by Gasteiger charge is 2.09. The molecule has 0 saturated heterocycles. The Morgan fingerprint density at radius 1 is 1.14 bits per heavy atom. The van der Waals surface area contributed by atoms with Crippen LogP contribution in [0.1, 0.15) is 13.8 Å². The van der Waals surface area contributed by atoms with Crippen molar-refractivity contribution in [2.45, 2.75) is 26.0 Å². The first-order valence-electron chi connectivity index (χ1n) is 9.19. The van der Waals surface area contributed by atoms with Gasteiger partial charge in [0.15, 0.2) is 0 Å². The summed E-state index contributed by atoms with van der Waals surface area (Å²) in [4.78, 5) is 19.7. The van der Waals surface area contributed by atoms with Crippen molar-refractivity contribution in [1.82, 2.24) is 15.3 Å². The predicted molar refractivity (Wildman–Crippen MR) is 109 cm³/mol. The second-order valence-electron chi connectivity index (χ2n) is 6.85. The van der Waals surface area contributed by atoms with E-state index in [1.165, 1.54) is 0 Å². The predicted octanol–water partition coefficient (Wildman–Crippen LogP) is 2.34. The van der Waals surface area contributed by atoms with Crippen LogP contribution < -0.4 is 20.3 Å². The maximum atomic E-state index is 12.4. The zero-order valence-electron chi connectivity index (χ0n) is 16.2. The van der Waals surface area contributed by atoms with E-state index in [9.17, 15) is 9.90 Å². The molecule has 148 valence electrons. The lowest BCUT2D eigenvalue weighted by Gasteiger charge is -2.15. The third-order valence-electron chi connectivity index (χ3n) is 4.24. The van der Waals surface area contributed by atoms with Gasteiger partial charge in [-0.05, 0) is 42.5 Å². The normalized spacial score (nSPS) is 12.3. The molecule has 7 heteroatoms. The van der Waals surface area contributed by atoms with Gasteiger partial charge in [-0.25, -0.2) is 4.98 Å². The van der Waals surface area contributed by atoms with Crippen LogP contribution in [-0.4, -0.2) is 47.5 Å². The molecule has 3 aromatic rings. The maximum Gasteiger partial charge on any atom is 0.259 e. The molecular formula is C21H25N3O4. The van der Waals surface area contributed by atoms with E-state index in [4.69, 9.17) is 9.47 Å². The van der Waals surface area contributed by atoms with Gasteiger partial charge in [-0.2, -0.15) is 0 Å². The molecule has 2 aromatic carbocycles. The number of benzene rings is 2. The molecule has 1 heterocycles. The van der Waals surface area contributed by atoms with E-state index in [2.05, 4.69) is 15.3 Å². The van der Waals surface area contributed by atoms with Gasteiger partial charge in [0.05, 0.1) is 18.0 Å². The molecule has 0 fully saturated rings. The van der Waals surface area contributed by atoms with Crippen molar-refractivity contribution in [1.29, 1.82) is 0 Å². The van der Waals surface area contributed by atoms with Gasteiger partial charge in [-0.3, -0.25) is 4.79 Å². The lowest BCUT2D eigenvalue weighted by atomic mass is 10.2. The van der Waals surface area contributed by atoms with Gasteiger partial charge in [-0.1, -0.05) is 13.8 Å². The van der Waals surface area contributed by atoms with Crippen molar-refractivity contribution in [2.75, 3.05) is 20.3 Å². The van der Waals surface area contributed by atoms with Crippen molar-refractivity contribution in [3.05, 3.63) is 52.8 Å². The number of rotatable bonds is 8. The van der Waals surface area contributed by atoms with Crippen molar-refractivity contribution >= 4 is 10.9 Å². The van der Waals surface area contributed by atoms with E-state index >= 15 is 0 Å². The van der Waals surface area contributed by atoms with Crippen molar-refractivity contribution in [3.8, 4) is 22.9 Å². The monoisotopic (exact) mass is 383 g/mol. The molecule has 1 aromatic heterocycles. The van der Waals surface area contributed by atoms with Crippen molar-refractivity contribution in [3.63, 3.8) is 0 Å². The number of nitrogens with zero attached hydrogens (tertiary/aromatic N) is 1. The molecule has 0 radical (unpaired) electrons. The van der Waals surface area contributed by atoms with E-state index in [1.807, 2.05) is 26.0 Å². The highest BCUT2D eigenvalue weighted by Crippen LogP contribution is 2.22. The molecule has 0 bridgehead atoms. The maximum absolute atomic E-state index is 12.4. The number of H-pyrrole nitrogens is 1. The van der Waals surface area contributed by atoms with E-state index < -0.39 is 6.10 Å². The Kier molecular flexibility index (Phi) is 6.28. The van der Waals surface area contributed by atoms with Crippen LogP contribution in [0.15, 0.2) is 47.3 Å². The summed E-state index contributed by atoms with van der Waals surface area (Å²) in [5.74, 6) is 1.73. The molecule has 7 nitrogen and oxygen atoms in total. The number of ether oxygens (including phenoxy) is 2. The van der Waals surface area contributed by atoms with E-state index in [-0.39, 0.29) is 12.2 Å². The standard InChI is InChI=1S/C21H25N3O4/c1-13(2)22-11-15(25)12-28-16-6-4-14(5-7-16)20-23-19-9-8-17(27-3)10-18(19)21(26)24-20/h4-10,13,15,22,25H,11-12H2,1-3H3,(H,23,24,26). The lowest BCUT2D eigenvalue weighted by Crippen LogP contribution is -2.35. The first-order valence-corrected chi connectivity index (χ1v) is 9.19. The number of nitrogens with one attached hydrogen (secondary N) is 2. The van der Waals surface area contributed by atoms with Crippen molar-refractivity contribution in [2.24, 2.45) is 0 Å². The van der Waals surface area contributed by atoms with Crippen LogP contribution in [0.25, 0.3) is 22.3 Å². The molecule has 1 atom stereocenters. The number of hydrogen-bond acceptors (Lipinski definition) is 6. The van der Waals surface area contributed by atoms with Crippen molar-refractivity contribution < 1.29 is 14.6 Å². The van der Waals surface area contributed by atoms with Gasteiger partial charge >= 0.3 is 0 Å². The summed E-state index contributed by atoms with van der Waals surface area (Å²) in [6, 6.07) is 12.7. The molecule has 1 unspecified atom stereocenters. The quantitative estimate of drug-likeness (QED) is 0.553. The molecule has 0 amide bonds. The third kappa shape index (κ3) is 4.88. The van der Waals surface area contributed by atoms with Gasteiger partial charge in [0.25, 0.3) is 5.56 Å². The smallest absolute Gasteiger partial charge is 0.259 e. The number of methoxy groups -OCH3 is 1. The van der Waals surface area contributed by atoms with Crippen LogP contribution in [0.4, 0.5) is 0 Å². The number of fused-ring (bicyclic) bond motifs is 1. The van der Waals surface area contributed by atoms with Crippen LogP contribution in [0, 0.1) is 0 Å². The first kappa shape index (κ1) is 19.9. The minimum atomic E-state index is -0.586. The van der Waals surface area contributed by atoms with Crippen LogP contribution in [0.5, 0.6) is 11.5 Å². The summed E-state index contributed by atoms with van der Waals surface area (Å²) >= 11 is 0. The fourth-order valence-electron chi connectivity index (χ4n) is 2.71. The molecular weight excluding hydrogens is 358 g/mol. The second-order valence-corrected chi connectivity index (χ2v) is 6.85. The van der Waals surface area contributed by atoms with E-state index in [1.54, 1.807) is 37.4 Å². The van der Waals surface area contributed by atoms with Gasteiger partial charge in [0.2, 0.25) is 0 Å². The summed E-state index contributed by atoms with van der Waals surface area (Å²) in [7, 11) is 1.56. The molecule has 3 rings (SSSR count). The highest BCUT2D eigenvalue weighted by atomic mass is 16.5. The van der Waals surface area contributed by atoms with Gasteiger partial charge in [-0.15, -0.1) is 0 Å². The Balaban J connectivity index is 1.72. The largest absolute Gasteiger partial charge is 0.497 e. The molecule has 0 aliphatic rings. The number of aliphatic hydroxyl groups is 1. The Bertz CT molecular complexity index is 983. The van der Waals surface area contributed by atoms with Gasteiger partial charge < -0.3 is 24.9 Å². The molecule has 3 N–H and O–H groups in total. The molecule has 0 saturated carbocycles. The summed E-state index contributed by atoms with van der Waals surface area (Å²) < 4.78 is 10.8. The summed E-state index contributed by atoms with van der Waals surface area (Å²) in [5, 5.41) is 13.6. The zero-order valence-corrected chi connectivity index (χ0v) is 16.2. The average Bonchev–Trinajstić information content (AvgIpc) is 2.70. The molecule has 28 heavy (non-hydrogen) atoms. The number of aliphatic hydroxyl groups excluding tert-OH is 1. The number of aromatic nitrogens is 2. The van der Waals surface area contributed by atoms with E-state index in [0.717, 1.165) is 5.56 Å².